The van der Waals surface area contributed by atoms with Crippen LogP contribution in [-0.4, -0.2) is 51.0 Å². The van der Waals surface area contributed by atoms with Gasteiger partial charge in [0.1, 0.15) is 5.56 Å². The lowest BCUT2D eigenvalue weighted by molar-refractivity contribution is 0.303. The standard InChI is InChI=1S/C15H27N5O3/c1-6-11(17-16-9-10-20(7-2)8-3)12-13(21)18(4)15(23)19(5)14(12)22/h16,21H,6-10H2,1-5H3/b17-11+. The number of nitrogens with zero attached hydrogens (tertiary/aromatic N) is 4. The summed E-state index contributed by atoms with van der Waals surface area (Å²) < 4.78 is 2.01. The van der Waals surface area contributed by atoms with Gasteiger partial charge in [0.25, 0.3) is 5.56 Å². The molecule has 1 aromatic heterocycles. The van der Waals surface area contributed by atoms with E-state index in [1.165, 1.54) is 14.1 Å². The minimum atomic E-state index is -0.568. The summed E-state index contributed by atoms with van der Waals surface area (Å²) in [6, 6.07) is 0. The lowest BCUT2D eigenvalue weighted by Crippen LogP contribution is -2.40. The van der Waals surface area contributed by atoms with Crippen molar-refractivity contribution in [1.82, 2.24) is 19.5 Å². The van der Waals surface area contributed by atoms with Crippen LogP contribution in [0.2, 0.25) is 0 Å². The van der Waals surface area contributed by atoms with E-state index >= 15 is 0 Å². The zero-order valence-electron chi connectivity index (χ0n) is 14.6. The van der Waals surface area contributed by atoms with Crippen molar-refractivity contribution in [2.45, 2.75) is 27.2 Å². The van der Waals surface area contributed by atoms with E-state index < -0.39 is 11.2 Å². The first kappa shape index (κ1) is 19.0. The molecule has 0 aliphatic rings. The van der Waals surface area contributed by atoms with Crippen molar-refractivity contribution < 1.29 is 5.11 Å². The summed E-state index contributed by atoms with van der Waals surface area (Å²) in [6.45, 7) is 9.43. The Morgan fingerprint density at radius 2 is 1.78 bits per heavy atom. The van der Waals surface area contributed by atoms with Crippen molar-refractivity contribution in [2.24, 2.45) is 19.2 Å². The lowest BCUT2D eigenvalue weighted by Gasteiger charge is -2.17. The number of hydrazone groups is 1. The molecule has 0 saturated carbocycles. The summed E-state index contributed by atoms with van der Waals surface area (Å²) in [7, 11) is 2.80. The lowest BCUT2D eigenvalue weighted by atomic mass is 10.1. The molecule has 8 heteroatoms. The van der Waals surface area contributed by atoms with E-state index in [4.69, 9.17) is 0 Å². The van der Waals surface area contributed by atoms with Crippen molar-refractivity contribution in [3.8, 4) is 5.88 Å². The molecule has 0 amide bonds. The van der Waals surface area contributed by atoms with Crippen LogP contribution in [0.25, 0.3) is 0 Å². The number of hydrogen-bond acceptors (Lipinski definition) is 6. The van der Waals surface area contributed by atoms with Crippen molar-refractivity contribution in [3.05, 3.63) is 26.4 Å². The summed E-state index contributed by atoms with van der Waals surface area (Å²) in [5, 5.41) is 14.4. The average molecular weight is 325 g/mol. The Labute approximate surface area is 136 Å². The number of hydrogen-bond donors (Lipinski definition) is 2. The van der Waals surface area contributed by atoms with Gasteiger partial charge < -0.3 is 15.4 Å². The molecule has 1 heterocycles. The van der Waals surface area contributed by atoms with Gasteiger partial charge >= 0.3 is 5.69 Å². The van der Waals surface area contributed by atoms with E-state index in [9.17, 15) is 14.7 Å². The molecular formula is C15H27N5O3. The number of nitrogens with one attached hydrogen (secondary N) is 1. The van der Waals surface area contributed by atoms with Gasteiger partial charge in [-0.05, 0) is 19.5 Å². The molecule has 0 saturated heterocycles. The van der Waals surface area contributed by atoms with Crippen LogP contribution in [0.5, 0.6) is 5.88 Å². The predicted octanol–water partition coefficient (Wildman–Crippen LogP) is -0.165. The summed E-state index contributed by atoms with van der Waals surface area (Å²) in [6.07, 6.45) is 0.458. The molecule has 0 unspecified atom stereocenters. The Kier molecular flexibility index (Phi) is 7.02. The Balaban J connectivity index is 3.05. The smallest absolute Gasteiger partial charge is 0.333 e. The average Bonchev–Trinajstić information content (AvgIpc) is 2.56. The predicted molar refractivity (Wildman–Crippen MR) is 91.2 cm³/mol. The van der Waals surface area contributed by atoms with Gasteiger partial charge in [-0.1, -0.05) is 20.8 Å². The summed E-state index contributed by atoms with van der Waals surface area (Å²) in [4.78, 5) is 26.3. The minimum Gasteiger partial charge on any atom is -0.494 e. The Morgan fingerprint density at radius 3 is 2.30 bits per heavy atom. The molecule has 0 spiro atoms. The molecule has 0 atom stereocenters. The van der Waals surface area contributed by atoms with Gasteiger partial charge in [0, 0.05) is 27.2 Å². The Bertz CT molecular complexity index is 671. The fraction of sp³-hybridized carbons (Fsp3) is 0.667. The monoisotopic (exact) mass is 325 g/mol. The van der Waals surface area contributed by atoms with Crippen LogP contribution < -0.4 is 16.7 Å². The molecule has 2 N–H and O–H groups in total. The highest BCUT2D eigenvalue weighted by Crippen LogP contribution is 2.11. The largest absolute Gasteiger partial charge is 0.494 e. The molecule has 1 aromatic rings. The highest BCUT2D eigenvalue weighted by atomic mass is 16.3. The highest BCUT2D eigenvalue weighted by Gasteiger charge is 2.19. The zero-order chi connectivity index (χ0) is 17.6. The summed E-state index contributed by atoms with van der Waals surface area (Å²) >= 11 is 0. The summed E-state index contributed by atoms with van der Waals surface area (Å²) in [5.41, 5.74) is 2.32. The first-order chi connectivity index (χ1) is 10.9. The number of aromatic nitrogens is 2. The molecule has 0 radical (unpaired) electrons. The Morgan fingerprint density at radius 1 is 1.17 bits per heavy atom. The van der Waals surface area contributed by atoms with Crippen LogP contribution in [0.3, 0.4) is 0 Å². The van der Waals surface area contributed by atoms with E-state index in [2.05, 4.69) is 29.3 Å². The molecular weight excluding hydrogens is 298 g/mol. The first-order valence-electron chi connectivity index (χ1n) is 7.90. The quantitative estimate of drug-likeness (QED) is 0.393. The third-order valence-electron chi connectivity index (χ3n) is 3.91. The van der Waals surface area contributed by atoms with Gasteiger partial charge in [0.2, 0.25) is 5.88 Å². The van der Waals surface area contributed by atoms with E-state index in [1.54, 1.807) is 0 Å². The molecule has 0 aliphatic heterocycles. The van der Waals surface area contributed by atoms with Crippen LogP contribution in [0.1, 0.15) is 32.8 Å². The molecule has 0 bridgehead atoms. The van der Waals surface area contributed by atoms with Crippen LogP contribution in [-0.2, 0) is 14.1 Å². The molecule has 130 valence electrons. The van der Waals surface area contributed by atoms with Crippen LogP contribution >= 0.6 is 0 Å². The van der Waals surface area contributed by atoms with Crippen molar-refractivity contribution >= 4 is 5.71 Å². The minimum absolute atomic E-state index is 0.0624. The van der Waals surface area contributed by atoms with Crippen LogP contribution in [0.4, 0.5) is 0 Å². The molecule has 1 rings (SSSR count). The fourth-order valence-corrected chi connectivity index (χ4v) is 2.30. The second kappa shape index (κ2) is 8.52. The maximum atomic E-state index is 12.3. The van der Waals surface area contributed by atoms with Gasteiger partial charge in [0.15, 0.2) is 0 Å². The van der Waals surface area contributed by atoms with Crippen molar-refractivity contribution in [2.75, 3.05) is 26.2 Å². The summed E-state index contributed by atoms with van der Waals surface area (Å²) in [5.74, 6) is -0.357. The van der Waals surface area contributed by atoms with E-state index in [1.807, 2.05) is 6.92 Å². The molecule has 23 heavy (non-hydrogen) atoms. The number of likely N-dealkylation sites (N-methyl/N-ethyl adjacent to an activating group) is 1. The molecule has 8 nitrogen and oxygen atoms in total. The maximum Gasteiger partial charge on any atom is 0.333 e. The topological polar surface area (TPSA) is 91.9 Å². The molecule has 0 fully saturated rings. The van der Waals surface area contributed by atoms with E-state index in [-0.39, 0.29) is 11.4 Å². The highest BCUT2D eigenvalue weighted by molar-refractivity contribution is 6.01. The van der Waals surface area contributed by atoms with E-state index in [0.717, 1.165) is 28.8 Å². The third kappa shape index (κ3) is 4.22. The second-order valence-electron chi connectivity index (χ2n) is 5.25. The zero-order valence-corrected chi connectivity index (χ0v) is 14.6. The normalized spacial score (nSPS) is 12.0. The molecule has 0 aliphatic carbocycles. The van der Waals surface area contributed by atoms with Crippen molar-refractivity contribution in [3.63, 3.8) is 0 Å². The number of rotatable bonds is 8. The SMILES string of the molecule is CC/C(=N\NCCN(CC)CC)c1c(O)n(C)c(=O)n(C)c1=O. The molecule has 0 aromatic carbocycles. The fourth-order valence-electron chi connectivity index (χ4n) is 2.30. The number of aromatic hydroxyl groups is 1. The second-order valence-corrected chi connectivity index (χ2v) is 5.25. The van der Waals surface area contributed by atoms with Gasteiger partial charge in [-0.25, -0.2) is 4.79 Å². The maximum absolute atomic E-state index is 12.3. The van der Waals surface area contributed by atoms with E-state index in [0.29, 0.717) is 18.7 Å². The third-order valence-corrected chi connectivity index (χ3v) is 3.91. The van der Waals surface area contributed by atoms with Crippen molar-refractivity contribution in [1.29, 1.82) is 0 Å². The van der Waals surface area contributed by atoms with Gasteiger partial charge in [0.05, 0.1) is 5.71 Å². The van der Waals surface area contributed by atoms with Crippen LogP contribution in [0.15, 0.2) is 14.7 Å². The van der Waals surface area contributed by atoms with Gasteiger partial charge in [-0.15, -0.1) is 0 Å². The van der Waals surface area contributed by atoms with Crippen LogP contribution in [0, 0.1) is 0 Å². The van der Waals surface area contributed by atoms with Gasteiger partial charge in [-0.3, -0.25) is 13.9 Å². The Hall–Kier alpha value is -2.09. The van der Waals surface area contributed by atoms with Gasteiger partial charge in [-0.2, -0.15) is 5.10 Å². The first-order valence-corrected chi connectivity index (χ1v) is 7.90.